The normalized spacial score (nSPS) is 10.9. The van der Waals surface area contributed by atoms with Gasteiger partial charge in [-0.2, -0.15) is 0 Å². The van der Waals surface area contributed by atoms with E-state index >= 15 is 0 Å². The molecule has 0 aliphatic rings. The van der Waals surface area contributed by atoms with Gasteiger partial charge in [0.2, 0.25) is 0 Å². The first kappa shape index (κ1) is 45.7. The SMILES string of the molecule is C=C(C)C(=O)OCC(COC(=O)C(=C)C)(COC(=O)C(=C)CO)COc1ccc(-c2ccc(OCCOc3ccc(-c4ccc5c(OC(=O)C(=C)C)coc5c4)cc3)cc2)cc1. The summed E-state index contributed by atoms with van der Waals surface area (Å²) in [5.41, 5.74) is 3.30. The highest BCUT2D eigenvalue weighted by Crippen LogP contribution is 2.33. The van der Waals surface area contributed by atoms with Crippen LogP contribution in [0.1, 0.15) is 20.8 Å². The maximum atomic E-state index is 12.4. The van der Waals surface area contributed by atoms with E-state index in [1.165, 1.54) is 20.1 Å². The minimum atomic E-state index is -1.36. The van der Waals surface area contributed by atoms with Crippen molar-refractivity contribution in [2.45, 2.75) is 20.8 Å². The van der Waals surface area contributed by atoms with Crippen molar-refractivity contribution in [2.24, 2.45) is 5.41 Å². The summed E-state index contributed by atoms with van der Waals surface area (Å²) in [6.07, 6.45) is 1.41. The van der Waals surface area contributed by atoms with Crippen molar-refractivity contribution < 1.29 is 61.9 Å². The molecule has 322 valence electrons. The standard InChI is InChI=1S/C49H48O13/c1-31(2)45(51)59-28-49(29-60-46(52)32(3)4,30-61-48(54)34(7)25-50)27-58-41-19-10-36(11-20-41)35-8-15-39(16-9-35)55-22-23-56-40-17-12-37(13-18-40)38-14-21-42-43(24-38)57-26-44(42)62-47(53)33(5)6/h8-21,24,26,50H,1,3,5,7,22-23,25,27-30H2,2,4,6H3. The largest absolute Gasteiger partial charge is 0.493 e. The molecule has 0 spiro atoms. The number of esters is 4. The van der Waals surface area contributed by atoms with E-state index in [2.05, 4.69) is 26.3 Å². The van der Waals surface area contributed by atoms with Gasteiger partial charge in [0, 0.05) is 16.7 Å². The van der Waals surface area contributed by atoms with Gasteiger partial charge in [0.05, 0.1) is 17.6 Å². The van der Waals surface area contributed by atoms with Gasteiger partial charge in [0.1, 0.15) is 74.2 Å². The van der Waals surface area contributed by atoms with Crippen molar-refractivity contribution in [2.75, 3.05) is 46.2 Å². The topological polar surface area (TPSA) is 166 Å². The zero-order valence-corrected chi connectivity index (χ0v) is 34.9. The van der Waals surface area contributed by atoms with E-state index in [4.69, 9.17) is 37.6 Å². The highest BCUT2D eigenvalue weighted by Gasteiger charge is 2.38. The lowest BCUT2D eigenvalue weighted by molar-refractivity contribution is -0.159. The molecule has 0 bridgehead atoms. The van der Waals surface area contributed by atoms with Gasteiger partial charge in [-0.05, 0) is 91.6 Å². The zero-order chi connectivity index (χ0) is 44.8. The Hall–Kier alpha value is -7.38. The summed E-state index contributed by atoms with van der Waals surface area (Å²) in [6, 6.07) is 28.1. The fourth-order valence-electron chi connectivity index (χ4n) is 5.55. The first-order valence-electron chi connectivity index (χ1n) is 19.4. The minimum Gasteiger partial charge on any atom is -0.493 e. The van der Waals surface area contributed by atoms with Crippen LogP contribution in [-0.2, 0) is 33.4 Å². The monoisotopic (exact) mass is 844 g/mol. The number of hydrogen-bond acceptors (Lipinski definition) is 13. The molecule has 0 saturated carbocycles. The van der Waals surface area contributed by atoms with Crippen LogP contribution in [0.5, 0.6) is 23.0 Å². The Kier molecular flexibility index (Phi) is 15.7. The molecule has 0 fully saturated rings. The Labute approximate surface area is 359 Å². The van der Waals surface area contributed by atoms with Gasteiger partial charge in [-0.15, -0.1) is 0 Å². The third-order valence-corrected chi connectivity index (χ3v) is 9.19. The summed E-state index contributed by atoms with van der Waals surface area (Å²) in [5, 5.41) is 10.0. The van der Waals surface area contributed by atoms with Crippen LogP contribution in [0, 0.1) is 5.41 Å². The number of carbonyl (C=O) groups is 4. The molecule has 13 nitrogen and oxygen atoms in total. The molecular formula is C49H48O13. The third kappa shape index (κ3) is 12.6. The van der Waals surface area contributed by atoms with Crippen molar-refractivity contribution in [3.8, 4) is 45.3 Å². The molecule has 13 heteroatoms. The van der Waals surface area contributed by atoms with Crippen LogP contribution in [0.15, 0.2) is 150 Å². The van der Waals surface area contributed by atoms with E-state index in [0.717, 1.165) is 22.3 Å². The lowest BCUT2D eigenvalue weighted by Crippen LogP contribution is -2.44. The molecule has 0 unspecified atom stereocenters. The molecule has 62 heavy (non-hydrogen) atoms. The van der Waals surface area contributed by atoms with Crippen molar-refractivity contribution >= 4 is 34.8 Å². The van der Waals surface area contributed by atoms with E-state index in [1.807, 2.05) is 78.9 Å². The van der Waals surface area contributed by atoms with Crippen LogP contribution in [0.4, 0.5) is 0 Å². The van der Waals surface area contributed by atoms with Crippen LogP contribution in [-0.4, -0.2) is 75.2 Å². The van der Waals surface area contributed by atoms with Gasteiger partial charge >= 0.3 is 23.9 Å². The second kappa shape index (κ2) is 21.2. The average molecular weight is 845 g/mol. The Bertz CT molecular complexity index is 2410. The number of aliphatic hydroxyl groups excluding tert-OH is 1. The smallest absolute Gasteiger partial charge is 0.338 e. The molecular weight excluding hydrogens is 797 g/mol. The molecule has 1 N–H and O–H groups in total. The number of fused-ring (bicyclic) bond motifs is 1. The third-order valence-electron chi connectivity index (χ3n) is 9.19. The maximum Gasteiger partial charge on any atom is 0.338 e. The molecule has 0 aliphatic carbocycles. The molecule has 0 saturated heterocycles. The van der Waals surface area contributed by atoms with Gasteiger partial charge in [-0.3, -0.25) is 0 Å². The van der Waals surface area contributed by atoms with Crippen LogP contribution < -0.4 is 18.9 Å². The lowest BCUT2D eigenvalue weighted by Gasteiger charge is -2.32. The van der Waals surface area contributed by atoms with Crippen LogP contribution in [0.25, 0.3) is 33.2 Å². The van der Waals surface area contributed by atoms with Gasteiger partial charge in [-0.25, -0.2) is 19.2 Å². The molecule has 0 atom stereocenters. The quantitative estimate of drug-likeness (QED) is 0.0306. The Balaban J connectivity index is 1.14. The second-order valence-corrected chi connectivity index (χ2v) is 14.6. The summed E-state index contributed by atoms with van der Waals surface area (Å²) >= 11 is 0. The molecule has 0 radical (unpaired) electrons. The molecule has 5 aromatic rings. The first-order valence-corrected chi connectivity index (χ1v) is 19.4. The number of furan rings is 1. The molecule has 5 rings (SSSR count). The van der Waals surface area contributed by atoms with Gasteiger partial charge in [0.25, 0.3) is 0 Å². The van der Waals surface area contributed by atoms with Crippen molar-refractivity contribution in [3.63, 3.8) is 0 Å². The Morgan fingerprint density at radius 3 is 1.42 bits per heavy atom. The van der Waals surface area contributed by atoms with Gasteiger partial charge < -0.3 is 42.7 Å². The summed E-state index contributed by atoms with van der Waals surface area (Å²) in [6.45, 7) is 17.5. The van der Waals surface area contributed by atoms with Crippen molar-refractivity contribution in [1.82, 2.24) is 0 Å². The molecule has 0 amide bonds. The molecule has 1 heterocycles. The zero-order valence-electron chi connectivity index (χ0n) is 34.9. The second-order valence-electron chi connectivity index (χ2n) is 14.6. The van der Waals surface area contributed by atoms with E-state index in [1.54, 1.807) is 19.1 Å². The summed E-state index contributed by atoms with van der Waals surface area (Å²) in [7, 11) is 0. The number of aliphatic hydroxyl groups is 1. The number of benzene rings is 4. The molecule has 4 aromatic carbocycles. The number of hydrogen-bond donors (Lipinski definition) is 1. The fraction of sp³-hybridized carbons (Fsp3) is 0.224. The number of ether oxygens (including phenoxy) is 7. The number of carbonyl (C=O) groups excluding carboxylic acids is 4. The summed E-state index contributed by atoms with van der Waals surface area (Å²) < 4.78 is 45.1. The van der Waals surface area contributed by atoms with Gasteiger partial charge in [0.15, 0.2) is 5.75 Å². The highest BCUT2D eigenvalue weighted by molar-refractivity contribution is 5.94. The van der Waals surface area contributed by atoms with Gasteiger partial charge in [-0.1, -0.05) is 68.8 Å². The Morgan fingerprint density at radius 1 is 0.548 bits per heavy atom. The fourth-order valence-corrected chi connectivity index (χ4v) is 5.55. The average Bonchev–Trinajstić information content (AvgIpc) is 3.68. The first-order chi connectivity index (χ1) is 29.7. The molecule has 1 aromatic heterocycles. The van der Waals surface area contributed by atoms with Crippen LogP contribution >= 0.6 is 0 Å². The summed E-state index contributed by atoms with van der Waals surface area (Å²) in [5.74, 6) is -0.668. The summed E-state index contributed by atoms with van der Waals surface area (Å²) in [4.78, 5) is 49.1. The Morgan fingerprint density at radius 2 is 0.968 bits per heavy atom. The maximum absolute atomic E-state index is 12.4. The predicted octanol–water partition coefficient (Wildman–Crippen LogP) is 8.40. The van der Waals surface area contributed by atoms with E-state index < -0.39 is 42.5 Å². The lowest BCUT2D eigenvalue weighted by atomic mass is 9.92. The van der Waals surface area contributed by atoms with Crippen molar-refractivity contribution in [3.05, 3.63) is 146 Å². The van der Waals surface area contributed by atoms with Crippen molar-refractivity contribution in [1.29, 1.82) is 0 Å². The van der Waals surface area contributed by atoms with E-state index in [0.29, 0.717) is 52.8 Å². The molecule has 0 aliphatic heterocycles. The minimum absolute atomic E-state index is 0.136. The predicted molar refractivity (Wildman–Crippen MR) is 232 cm³/mol. The van der Waals surface area contributed by atoms with E-state index in [9.17, 15) is 24.3 Å². The number of rotatable bonds is 22. The van der Waals surface area contributed by atoms with Crippen LogP contribution in [0.3, 0.4) is 0 Å². The van der Waals surface area contributed by atoms with E-state index in [-0.39, 0.29) is 36.5 Å². The highest BCUT2D eigenvalue weighted by atomic mass is 16.6. The van der Waals surface area contributed by atoms with Crippen LogP contribution in [0.2, 0.25) is 0 Å².